The molecule has 0 aromatic rings. The van der Waals surface area contributed by atoms with Crippen LogP contribution in [-0.4, -0.2) is 25.5 Å². The molecule has 1 fully saturated rings. The van der Waals surface area contributed by atoms with E-state index in [-0.39, 0.29) is 0 Å². The molecule has 0 heterocycles. The van der Waals surface area contributed by atoms with E-state index >= 15 is 0 Å². The van der Waals surface area contributed by atoms with Gasteiger partial charge in [0.25, 0.3) is 0 Å². The maximum absolute atomic E-state index is 2.34. The summed E-state index contributed by atoms with van der Waals surface area (Å²) in [6, 6.07) is 0. The van der Waals surface area contributed by atoms with Gasteiger partial charge < -0.3 is 4.90 Å². The lowest BCUT2D eigenvalue weighted by Crippen LogP contribution is -2.22. The molecule has 0 unspecified atom stereocenters. The summed E-state index contributed by atoms with van der Waals surface area (Å²) in [5.74, 6) is 0.986. The first kappa shape index (κ1) is 10.0. The summed E-state index contributed by atoms with van der Waals surface area (Å²) >= 11 is 0. The van der Waals surface area contributed by atoms with E-state index in [0.717, 1.165) is 5.92 Å². The lowest BCUT2D eigenvalue weighted by Gasteiger charge is -2.22. The van der Waals surface area contributed by atoms with Crippen LogP contribution in [0.1, 0.15) is 44.9 Å². The molecule has 0 aromatic carbocycles. The molecule has 0 saturated heterocycles. The largest absolute Gasteiger partial charge is 0.309 e. The van der Waals surface area contributed by atoms with E-state index in [2.05, 4.69) is 19.0 Å². The van der Waals surface area contributed by atoms with E-state index in [1.54, 1.807) is 0 Å². The van der Waals surface area contributed by atoms with Crippen LogP contribution in [0.3, 0.4) is 0 Å². The van der Waals surface area contributed by atoms with Crippen LogP contribution < -0.4 is 0 Å². The third-order valence-electron chi connectivity index (χ3n) is 2.85. The molecule has 0 spiro atoms. The summed E-state index contributed by atoms with van der Waals surface area (Å²) in [6.07, 6.45) is 10.3. The quantitative estimate of drug-likeness (QED) is 0.614. The average Bonchev–Trinajstić information content (AvgIpc) is 1.93. The Bertz CT molecular complexity index is 102. The minimum absolute atomic E-state index is 0.986. The minimum atomic E-state index is 0.986. The third-order valence-corrected chi connectivity index (χ3v) is 2.85. The van der Waals surface area contributed by atoms with Crippen molar-refractivity contribution < 1.29 is 0 Å². The first-order valence-electron chi connectivity index (χ1n) is 5.44. The van der Waals surface area contributed by atoms with Gasteiger partial charge in [-0.05, 0) is 32.9 Å². The van der Waals surface area contributed by atoms with Gasteiger partial charge in [-0.25, -0.2) is 0 Å². The zero-order valence-electron chi connectivity index (χ0n) is 8.68. The van der Waals surface area contributed by atoms with E-state index in [1.165, 1.54) is 51.5 Å². The van der Waals surface area contributed by atoms with Gasteiger partial charge in [0, 0.05) is 6.54 Å². The lowest BCUT2D eigenvalue weighted by molar-refractivity contribution is 0.277. The Kier molecular flexibility index (Phi) is 4.67. The Morgan fingerprint density at radius 2 is 1.42 bits per heavy atom. The molecule has 1 aliphatic carbocycles. The van der Waals surface area contributed by atoms with Crippen LogP contribution >= 0.6 is 0 Å². The minimum Gasteiger partial charge on any atom is -0.309 e. The van der Waals surface area contributed by atoms with Gasteiger partial charge in [-0.3, -0.25) is 0 Å². The molecule has 0 atom stereocenters. The third kappa shape index (κ3) is 4.10. The van der Waals surface area contributed by atoms with E-state index in [4.69, 9.17) is 0 Å². The second-order valence-corrected chi connectivity index (χ2v) is 4.47. The first-order valence-corrected chi connectivity index (χ1v) is 5.44. The molecular formula is C11H23N. The number of hydrogen-bond acceptors (Lipinski definition) is 1. The number of hydrogen-bond donors (Lipinski definition) is 0. The fourth-order valence-corrected chi connectivity index (χ4v) is 2.24. The molecule has 1 nitrogen and oxygen atoms in total. The molecule has 0 N–H and O–H groups in total. The van der Waals surface area contributed by atoms with Crippen molar-refractivity contribution in [1.82, 2.24) is 4.90 Å². The maximum Gasteiger partial charge on any atom is 0.000356 e. The van der Waals surface area contributed by atoms with Gasteiger partial charge in [-0.1, -0.05) is 32.1 Å². The monoisotopic (exact) mass is 169 g/mol. The maximum atomic E-state index is 2.34. The standard InChI is InChI=1S/C11H23N/c1-12(2)10-11-8-6-4-3-5-7-9-11/h11H,3-10H2,1-2H3. The number of rotatable bonds is 2. The summed E-state index contributed by atoms with van der Waals surface area (Å²) in [5, 5.41) is 0. The topological polar surface area (TPSA) is 3.24 Å². The summed E-state index contributed by atoms with van der Waals surface area (Å²) < 4.78 is 0. The van der Waals surface area contributed by atoms with Crippen LogP contribution in [-0.2, 0) is 0 Å². The molecule has 72 valence electrons. The van der Waals surface area contributed by atoms with Crippen molar-refractivity contribution in [3.63, 3.8) is 0 Å². The Morgan fingerprint density at radius 3 is 1.92 bits per heavy atom. The predicted octanol–water partition coefficient (Wildman–Crippen LogP) is 2.91. The van der Waals surface area contributed by atoms with E-state index in [0.29, 0.717) is 0 Å². The molecule has 1 aliphatic rings. The Labute approximate surface area is 77.1 Å². The Morgan fingerprint density at radius 1 is 0.917 bits per heavy atom. The van der Waals surface area contributed by atoms with Crippen molar-refractivity contribution >= 4 is 0 Å². The zero-order valence-corrected chi connectivity index (χ0v) is 8.68. The average molecular weight is 169 g/mol. The normalized spacial score (nSPS) is 22.2. The van der Waals surface area contributed by atoms with Crippen LogP contribution in [0.5, 0.6) is 0 Å². The molecule has 0 bridgehead atoms. The highest BCUT2D eigenvalue weighted by Gasteiger charge is 2.11. The van der Waals surface area contributed by atoms with Crippen LogP contribution in [0, 0.1) is 5.92 Å². The second kappa shape index (κ2) is 5.58. The molecular weight excluding hydrogens is 146 g/mol. The lowest BCUT2D eigenvalue weighted by atomic mass is 9.91. The van der Waals surface area contributed by atoms with Gasteiger partial charge in [-0.2, -0.15) is 0 Å². The highest BCUT2D eigenvalue weighted by Crippen LogP contribution is 2.22. The SMILES string of the molecule is CN(C)CC1CCCCCCC1. The van der Waals surface area contributed by atoms with Gasteiger partial charge in [0.05, 0.1) is 0 Å². The molecule has 0 radical (unpaired) electrons. The molecule has 1 saturated carbocycles. The summed E-state index contributed by atoms with van der Waals surface area (Å²) in [4.78, 5) is 2.34. The molecule has 0 aliphatic heterocycles. The smallest absolute Gasteiger partial charge is 0.000356 e. The van der Waals surface area contributed by atoms with Gasteiger partial charge in [0.15, 0.2) is 0 Å². The molecule has 0 aromatic heterocycles. The van der Waals surface area contributed by atoms with Crippen LogP contribution in [0.4, 0.5) is 0 Å². The second-order valence-electron chi connectivity index (χ2n) is 4.47. The van der Waals surface area contributed by atoms with E-state index in [9.17, 15) is 0 Å². The molecule has 1 rings (SSSR count). The van der Waals surface area contributed by atoms with Crippen LogP contribution in [0.15, 0.2) is 0 Å². The summed E-state index contributed by atoms with van der Waals surface area (Å²) in [5.41, 5.74) is 0. The van der Waals surface area contributed by atoms with Gasteiger partial charge in [0.1, 0.15) is 0 Å². The van der Waals surface area contributed by atoms with Crippen molar-refractivity contribution in [2.75, 3.05) is 20.6 Å². The van der Waals surface area contributed by atoms with Crippen molar-refractivity contribution in [2.45, 2.75) is 44.9 Å². The fourth-order valence-electron chi connectivity index (χ4n) is 2.24. The van der Waals surface area contributed by atoms with Crippen molar-refractivity contribution in [3.8, 4) is 0 Å². The highest BCUT2D eigenvalue weighted by atomic mass is 15.1. The van der Waals surface area contributed by atoms with Crippen LogP contribution in [0.2, 0.25) is 0 Å². The van der Waals surface area contributed by atoms with Gasteiger partial charge in [-0.15, -0.1) is 0 Å². The van der Waals surface area contributed by atoms with Crippen LogP contribution in [0.25, 0.3) is 0 Å². The van der Waals surface area contributed by atoms with Gasteiger partial charge in [0.2, 0.25) is 0 Å². The molecule has 12 heavy (non-hydrogen) atoms. The molecule has 0 amide bonds. The van der Waals surface area contributed by atoms with Crippen molar-refractivity contribution in [1.29, 1.82) is 0 Å². The van der Waals surface area contributed by atoms with Crippen molar-refractivity contribution in [2.24, 2.45) is 5.92 Å². The summed E-state index contributed by atoms with van der Waals surface area (Å²) in [6.45, 7) is 1.31. The highest BCUT2D eigenvalue weighted by molar-refractivity contribution is 4.65. The Hall–Kier alpha value is -0.0400. The number of nitrogens with zero attached hydrogens (tertiary/aromatic N) is 1. The van der Waals surface area contributed by atoms with Crippen molar-refractivity contribution in [3.05, 3.63) is 0 Å². The van der Waals surface area contributed by atoms with Gasteiger partial charge >= 0.3 is 0 Å². The molecule has 1 heteroatoms. The summed E-state index contributed by atoms with van der Waals surface area (Å²) in [7, 11) is 4.39. The predicted molar refractivity (Wildman–Crippen MR) is 54.4 cm³/mol. The van der Waals surface area contributed by atoms with E-state index < -0.39 is 0 Å². The first-order chi connectivity index (χ1) is 5.79. The fraction of sp³-hybridized carbons (Fsp3) is 1.00. The zero-order chi connectivity index (χ0) is 8.81. The van der Waals surface area contributed by atoms with E-state index in [1.807, 2.05) is 0 Å². The Balaban J connectivity index is 2.20.